The fourth-order valence-electron chi connectivity index (χ4n) is 5.06. The van der Waals surface area contributed by atoms with Gasteiger partial charge in [0.25, 0.3) is 0 Å². The van der Waals surface area contributed by atoms with Gasteiger partial charge >= 0.3 is 11.9 Å². The van der Waals surface area contributed by atoms with Gasteiger partial charge in [-0.15, -0.1) is 0 Å². The normalized spacial score (nSPS) is 19.3. The SMILES string of the molecule is CC(C)[C@H]1CC[C@H](C)C[C@@H]1OC(=O)c1ccccc1C(=O)OCC(=O)c1ccc(-c2ccccc2)cc1. The van der Waals surface area contributed by atoms with Gasteiger partial charge in [-0.1, -0.05) is 93.9 Å². The fourth-order valence-corrected chi connectivity index (χ4v) is 5.06. The van der Waals surface area contributed by atoms with Crippen LogP contribution in [0, 0.1) is 17.8 Å². The van der Waals surface area contributed by atoms with Crippen LogP contribution in [0.5, 0.6) is 0 Å². The molecule has 5 nitrogen and oxygen atoms in total. The molecule has 3 atom stereocenters. The number of carbonyl (C=O) groups is 3. The average Bonchev–Trinajstić information content (AvgIpc) is 2.92. The summed E-state index contributed by atoms with van der Waals surface area (Å²) in [6, 6.07) is 23.5. The summed E-state index contributed by atoms with van der Waals surface area (Å²) < 4.78 is 11.3. The Bertz CT molecular complexity index is 1230. The Balaban J connectivity index is 1.40. The lowest BCUT2D eigenvalue weighted by Crippen LogP contribution is -2.36. The van der Waals surface area contributed by atoms with Crippen LogP contribution in [-0.4, -0.2) is 30.4 Å². The smallest absolute Gasteiger partial charge is 0.339 e. The Morgan fingerprint density at radius 1 is 0.784 bits per heavy atom. The third-order valence-electron chi connectivity index (χ3n) is 7.23. The highest BCUT2D eigenvalue weighted by molar-refractivity contribution is 6.04. The predicted molar refractivity (Wildman–Crippen MR) is 143 cm³/mol. The Kier molecular flexibility index (Phi) is 8.54. The Morgan fingerprint density at radius 3 is 2.03 bits per heavy atom. The van der Waals surface area contributed by atoms with E-state index in [1.165, 1.54) is 6.07 Å². The van der Waals surface area contributed by atoms with Crippen LogP contribution in [0.2, 0.25) is 0 Å². The lowest BCUT2D eigenvalue weighted by molar-refractivity contribution is -0.0176. The van der Waals surface area contributed by atoms with Gasteiger partial charge in [0.15, 0.2) is 12.4 Å². The second kappa shape index (κ2) is 12.0. The molecule has 0 heterocycles. The molecule has 4 rings (SSSR count). The first-order chi connectivity index (χ1) is 17.8. The molecule has 1 saturated carbocycles. The molecule has 3 aromatic carbocycles. The molecule has 1 fully saturated rings. The third-order valence-corrected chi connectivity index (χ3v) is 7.23. The van der Waals surface area contributed by atoms with Gasteiger partial charge in [-0.3, -0.25) is 4.79 Å². The first-order valence-electron chi connectivity index (χ1n) is 13.0. The lowest BCUT2D eigenvalue weighted by Gasteiger charge is -2.36. The van der Waals surface area contributed by atoms with E-state index in [4.69, 9.17) is 9.47 Å². The minimum atomic E-state index is -0.723. The molecule has 0 bridgehead atoms. The van der Waals surface area contributed by atoms with Crippen LogP contribution in [0.3, 0.4) is 0 Å². The molecular formula is C32H34O5. The van der Waals surface area contributed by atoms with Crippen molar-refractivity contribution >= 4 is 17.7 Å². The quantitative estimate of drug-likeness (QED) is 0.247. The van der Waals surface area contributed by atoms with E-state index < -0.39 is 18.5 Å². The van der Waals surface area contributed by atoms with Gasteiger partial charge in [0.2, 0.25) is 0 Å². The number of hydrogen-bond acceptors (Lipinski definition) is 5. The molecule has 3 aromatic rings. The van der Waals surface area contributed by atoms with Gasteiger partial charge in [-0.25, -0.2) is 9.59 Å². The van der Waals surface area contributed by atoms with E-state index in [2.05, 4.69) is 20.8 Å². The minimum absolute atomic E-state index is 0.102. The molecule has 0 aliphatic heterocycles. The summed E-state index contributed by atoms with van der Waals surface area (Å²) >= 11 is 0. The van der Waals surface area contributed by atoms with E-state index >= 15 is 0 Å². The number of benzene rings is 3. The van der Waals surface area contributed by atoms with E-state index in [0.29, 0.717) is 23.3 Å². The van der Waals surface area contributed by atoms with Gasteiger partial charge in [0.1, 0.15) is 6.10 Å². The average molecular weight is 499 g/mol. The first kappa shape index (κ1) is 26.3. The molecule has 0 saturated heterocycles. The number of Topliss-reactive ketones (excluding diaryl/α,β-unsaturated/α-hetero) is 1. The van der Waals surface area contributed by atoms with Crippen LogP contribution in [0.1, 0.15) is 71.1 Å². The summed E-state index contributed by atoms with van der Waals surface area (Å²) in [6.45, 7) is 6.06. The van der Waals surface area contributed by atoms with E-state index in [9.17, 15) is 14.4 Å². The summed E-state index contributed by atoms with van der Waals surface area (Å²) in [5.74, 6) is -0.382. The maximum Gasteiger partial charge on any atom is 0.339 e. The molecule has 1 aliphatic carbocycles. The Morgan fingerprint density at radius 2 is 1.38 bits per heavy atom. The van der Waals surface area contributed by atoms with Crippen molar-refractivity contribution < 1.29 is 23.9 Å². The van der Waals surface area contributed by atoms with E-state index in [-0.39, 0.29) is 23.0 Å². The van der Waals surface area contributed by atoms with Crippen molar-refractivity contribution in [2.45, 2.75) is 46.1 Å². The van der Waals surface area contributed by atoms with Crippen molar-refractivity contribution in [3.05, 3.63) is 95.6 Å². The first-order valence-corrected chi connectivity index (χ1v) is 13.0. The zero-order chi connectivity index (χ0) is 26.4. The topological polar surface area (TPSA) is 69.7 Å². The van der Waals surface area contributed by atoms with E-state index in [1.807, 2.05) is 42.5 Å². The number of ether oxygens (including phenoxy) is 2. The minimum Gasteiger partial charge on any atom is -0.458 e. The lowest BCUT2D eigenvalue weighted by atomic mass is 9.75. The summed E-state index contributed by atoms with van der Waals surface area (Å²) in [5.41, 5.74) is 2.76. The van der Waals surface area contributed by atoms with Crippen molar-refractivity contribution in [2.75, 3.05) is 6.61 Å². The van der Waals surface area contributed by atoms with Crippen molar-refractivity contribution in [3.8, 4) is 11.1 Å². The standard InChI is InChI=1S/C32H34O5/c1-21(2)26-18-13-22(3)19-30(26)37-32(35)28-12-8-7-11-27(28)31(34)36-20-29(33)25-16-14-24(15-17-25)23-9-5-4-6-10-23/h4-12,14-17,21-22,26,30H,13,18-20H2,1-3H3/t22-,26+,30-/m0/s1. The summed E-state index contributed by atoms with van der Waals surface area (Å²) in [6.07, 6.45) is 2.79. The molecule has 0 spiro atoms. The summed E-state index contributed by atoms with van der Waals surface area (Å²) in [5, 5.41) is 0. The maximum absolute atomic E-state index is 13.1. The van der Waals surface area contributed by atoms with Crippen molar-refractivity contribution in [1.29, 1.82) is 0 Å². The summed E-state index contributed by atoms with van der Waals surface area (Å²) in [7, 11) is 0. The number of carbonyl (C=O) groups excluding carboxylic acids is 3. The third kappa shape index (κ3) is 6.53. The number of hydrogen-bond donors (Lipinski definition) is 0. The molecule has 0 amide bonds. The van der Waals surface area contributed by atoms with Crippen LogP contribution >= 0.6 is 0 Å². The molecule has 5 heteroatoms. The zero-order valence-corrected chi connectivity index (χ0v) is 21.7. The number of rotatable bonds is 8. The second-order valence-corrected chi connectivity index (χ2v) is 10.3. The highest BCUT2D eigenvalue weighted by Crippen LogP contribution is 2.36. The Labute approximate surface area is 218 Å². The van der Waals surface area contributed by atoms with Crippen LogP contribution in [0.15, 0.2) is 78.9 Å². The molecular weight excluding hydrogens is 464 g/mol. The van der Waals surface area contributed by atoms with Gasteiger partial charge in [0, 0.05) is 5.56 Å². The van der Waals surface area contributed by atoms with Crippen molar-refractivity contribution in [2.24, 2.45) is 17.8 Å². The van der Waals surface area contributed by atoms with Crippen LogP contribution in [0.25, 0.3) is 11.1 Å². The van der Waals surface area contributed by atoms with Gasteiger partial charge in [-0.2, -0.15) is 0 Å². The van der Waals surface area contributed by atoms with Crippen LogP contribution in [0.4, 0.5) is 0 Å². The highest BCUT2D eigenvalue weighted by atomic mass is 16.5. The maximum atomic E-state index is 13.1. The van der Waals surface area contributed by atoms with Gasteiger partial charge in [-0.05, 0) is 53.9 Å². The van der Waals surface area contributed by atoms with E-state index in [0.717, 1.165) is 30.4 Å². The molecule has 192 valence electrons. The van der Waals surface area contributed by atoms with Gasteiger partial charge in [0.05, 0.1) is 11.1 Å². The Hall–Kier alpha value is -3.73. The molecule has 0 radical (unpaired) electrons. The zero-order valence-electron chi connectivity index (χ0n) is 21.7. The molecule has 0 unspecified atom stereocenters. The largest absolute Gasteiger partial charge is 0.458 e. The van der Waals surface area contributed by atoms with Crippen molar-refractivity contribution in [1.82, 2.24) is 0 Å². The van der Waals surface area contributed by atoms with Crippen LogP contribution in [-0.2, 0) is 9.47 Å². The monoisotopic (exact) mass is 498 g/mol. The number of ketones is 1. The molecule has 37 heavy (non-hydrogen) atoms. The molecule has 0 aromatic heterocycles. The second-order valence-electron chi connectivity index (χ2n) is 10.3. The predicted octanol–water partition coefficient (Wildman–Crippen LogP) is 7.01. The summed E-state index contributed by atoms with van der Waals surface area (Å²) in [4.78, 5) is 38.7. The van der Waals surface area contributed by atoms with E-state index in [1.54, 1.807) is 30.3 Å². The molecule has 1 aliphatic rings. The fraction of sp³-hybridized carbons (Fsp3) is 0.344. The highest BCUT2D eigenvalue weighted by Gasteiger charge is 2.34. The number of esters is 2. The van der Waals surface area contributed by atoms with Gasteiger partial charge < -0.3 is 9.47 Å². The molecule has 0 N–H and O–H groups in total. The van der Waals surface area contributed by atoms with Crippen molar-refractivity contribution in [3.63, 3.8) is 0 Å². The van der Waals surface area contributed by atoms with Crippen LogP contribution < -0.4 is 0 Å².